The van der Waals surface area contributed by atoms with Crippen molar-refractivity contribution in [1.29, 1.82) is 5.26 Å². The van der Waals surface area contributed by atoms with E-state index in [1.54, 1.807) is 0 Å². The largest absolute Gasteiger partial charge is 0.414 e. The molecule has 0 saturated carbocycles. The maximum absolute atomic E-state index is 12.5. The second-order valence-corrected chi connectivity index (χ2v) is 19.6. The number of nitrogens with one attached hydrogen (secondary N) is 1. The summed E-state index contributed by atoms with van der Waals surface area (Å²) in [5.41, 5.74) is -5.35. The second-order valence-electron chi connectivity index (χ2n) is 11.0. The predicted octanol–water partition coefficient (Wildman–Crippen LogP) is 2.80. The van der Waals surface area contributed by atoms with Crippen molar-refractivity contribution in [3.05, 3.63) is 33.1 Å². The summed E-state index contributed by atoms with van der Waals surface area (Å²) in [6.07, 6.45) is 0.427. The van der Waals surface area contributed by atoms with Crippen molar-refractivity contribution < 1.29 is 23.2 Å². The van der Waals surface area contributed by atoms with E-state index in [4.69, 9.17) is 13.3 Å². The fraction of sp³-hybridized carbons (Fsp3) is 0.783. The molecule has 2 rings (SSSR count). The zero-order valence-electron chi connectivity index (χ0n) is 22.3. The van der Waals surface area contributed by atoms with E-state index in [0.29, 0.717) is 0 Å². The van der Waals surface area contributed by atoms with E-state index in [9.17, 15) is 24.8 Å². The Morgan fingerprint density at radius 3 is 2.14 bits per heavy atom. The summed E-state index contributed by atoms with van der Waals surface area (Å²) in [6.45, 7) is 17.4. The molecule has 0 aromatic carbocycles. The van der Waals surface area contributed by atoms with Gasteiger partial charge in [0.05, 0.1) is 12.7 Å². The number of H-pyrrole nitrogens is 1. The minimum atomic E-state index is -3.16. The number of aliphatic hydroxyl groups is 1. The molecule has 1 saturated heterocycles. The number of nitriles is 1. The molecule has 0 aliphatic carbocycles. The van der Waals surface area contributed by atoms with Crippen molar-refractivity contribution in [1.82, 2.24) is 9.55 Å². The van der Waals surface area contributed by atoms with Crippen molar-refractivity contribution in [2.45, 2.75) is 108 Å². The highest BCUT2D eigenvalue weighted by molar-refractivity contribution is 6.83. The van der Waals surface area contributed by atoms with E-state index in [1.807, 2.05) is 61.5 Å². The van der Waals surface area contributed by atoms with Crippen molar-refractivity contribution in [2.75, 3.05) is 6.61 Å². The number of aromatic nitrogens is 2. The summed E-state index contributed by atoms with van der Waals surface area (Å²) in [4.78, 5) is 37.7. The minimum absolute atomic E-state index is 0.00322. The van der Waals surface area contributed by atoms with Gasteiger partial charge in [-0.2, -0.15) is 5.26 Å². The molecule has 12 heteroatoms. The lowest BCUT2D eigenvalue weighted by Crippen LogP contribution is -2.60. The molecule has 0 radical (unpaired) electrons. The third-order valence-corrected chi connectivity index (χ3v) is 16.8. The van der Waals surface area contributed by atoms with Gasteiger partial charge in [0.2, 0.25) is 0 Å². The smallest absolute Gasteiger partial charge is 0.334 e. The zero-order chi connectivity index (χ0) is 27.0. The summed E-state index contributed by atoms with van der Waals surface area (Å²) >= 11 is 0. The highest BCUT2D eigenvalue weighted by atomic mass is 28.5. The Morgan fingerprint density at radius 2 is 1.71 bits per heavy atom. The van der Waals surface area contributed by atoms with E-state index in [1.165, 1.54) is 6.92 Å². The normalized spacial score (nSPS) is 25.7. The lowest BCUT2D eigenvalue weighted by atomic mass is 9.91. The van der Waals surface area contributed by atoms with Gasteiger partial charge in [-0.05, 0) is 29.1 Å². The van der Waals surface area contributed by atoms with Crippen LogP contribution in [-0.2, 0) is 19.0 Å². The third-order valence-electron chi connectivity index (χ3n) is 7.09. The van der Waals surface area contributed by atoms with Gasteiger partial charge in [-0.25, -0.2) is 4.79 Å². The number of aromatic amines is 1. The Labute approximate surface area is 209 Å². The van der Waals surface area contributed by atoms with Crippen molar-refractivity contribution >= 4 is 17.1 Å². The fourth-order valence-electron chi connectivity index (χ4n) is 4.91. The first-order valence-corrected chi connectivity index (χ1v) is 16.2. The molecule has 1 aliphatic heterocycles. The summed E-state index contributed by atoms with van der Waals surface area (Å²) in [6, 6.07) is 3.04. The first kappa shape index (κ1) is 29.6. The standard InChI is InChI=1S/C23H41N3O7Si2/c1-15(2)34(30,16(3)4)33-35(17(5)6,18(7)8)31-13-19-12-22(9,29)23(14-24,32-19)26-11-10-20(27)25-21(26)28/h10-11,15-19,29-30H,12-13H2,1-9H3,(H,25,27,28). The average molecular weight is 528 g/mol. The topological polar surface area (TPSA) is 147 Å². The fourth-order valence-corrected chi connectivity index (χ4v) is 14.7. The van der Waals surface area contributed by atoms with Gasteiger partial charge in [0.25, 0.3) is 11.3 Å². The Hall–Kier alpha value is -1.60. The Balaban J connectivity index is 2.42. The van der Waals surface area contributed by atoms with E-state index >= 15 is 0 Å². The molecule has 35 heavy (non-hydrogen) atoms. The Kier molecular flexibility index (Phi) is 8.81. The first-order valence-electron chi connectivity index (χ1n) is 12.2. The molecule has 2 heterocycles. The summed E-state index contributed by atoms with van der Waals surface area (Å²) in [7, 11) is -6.18. The van der Waals surface area contributed by atoms with Crippen LogP contribution < -0.4 is 11.2 Å². The molecular weight excluding hydrogens is 486 g/mol. The summed E-state index contributed by atoms with van der Waals surface area (Å²) < 4.78 is 20.2. The SMILES string of the molecule is CC(C)[Si](O)(O[Si](OCC1CC(C)(O)C(C#N)(n2ccc(=O)[nH]c2=O)O1)(C(C)C)C(C)C)C(C)C. The quantitative estimate of drug-likeness (QED) is 0.394. The van der Waals surface area contributed by atoms with Gasteiger partial charge < -0.3 is 23.2 Å². The van der Waals surface area contributed by atoms with Gasteiger partial charge in [0.15, 0.2) is 0 Å². The molecule has 1 aromatic heterocycles. The highest BCUT2D eigenvalue weighted by Crippen LogP contribution is 2.45. The van der Waals surface area contributed by atoms with E-state index in [0.717, 1.165) is 16.8 Å². The van der Waals surface area contributed by atoms with Crippen LogP contribution in [0.25, 0.3) is 0 Å². The van der Waals surface area contributed by atoms with Gasteiger partial charge in [0.1, 0.15) is 11.7 Å². The van der Waals surface area contributed by atoms with E-state index in [-0.39, 0.29) is 35.2 Å². The monoisotopic (exact) mass is 527 g/mol. The molecular formula is C23H41N3O7Si2. The zero-order valence-corrected chi connectivity index (χ0v) is 24.3. The number of nitrogens with zero attached hydrogens (tertiary/aromatic N) is 2. The van der Waals surface area contributed by atoms with Crippen LogP contribution in [0, 0.1) is 11.3 Å². The van der Waals surface area contributed by atoms with Crippen molar-refractivity contribution in [2.24, 2.45) is 0 Å². The van der Waals surface area contributed by atoms with Crippen LogP contribution in [0.4, 0.5) is 0 Å². The summed E-state index contributed by atoms with van der Waals surface area (Å²) in [5, 5.41) is 21.2. The molecule has 0 bridgehead atoms. The molecule has 10 nitrogen and oxygen atoms in total. The third kappa shape index (κ3) is 5.27. The van der Waals surface area contributed by atoms with Gasteiger partial charge in [0, 0.05) is 18.7 Å². The van der Waals surface area contributed by atoms with Gasteiger partial charge >= 0.3 is 22.8 Å². The van der Waals surface area contributed by atoms with E-state index < -0.39 is 45.8 Å². The molecule has 3 atom stereocenters. The van der Waals surface area contributed by atoms with Crippen molar-refractivity contribution in [3.8, 4) is 6.07 Å². The molecule has 1 fully saturated rings. The average Bonchev–Trinajstić information content (AvgIpc) is 3.00. The van der Waals surface area contributed by atoms with Crippen LogP contribution in [0.5, 0.6) is 0 Å². The lowest BCUT2D eigenvalue weighted by molar-refractivity contribution is -0.146. The van der Waals surface area contributed by atoms with Crippen LogP contribution in [0.3, 0.4) is 0 Å². The maximum atomic E-state index is 12.5. The summed E-state index contributed by atoms with van der Waals surface area (Å²) in [5.74, 6) is 0. The van der Waals surface area contributed by atoms with Crippen LogP contribution in [-0.4, -0.2) is 54.9 Å². The lowest BCUT2D eigenvalue weighted by Gasteiger charge is -2.46. The number of hydrogen-bond acceptors (Lipinski definition) is 8. The van der Waals surface area contributed by atoms with Gasteiger partial charge in [-0.3, -0.25) is 14.3 Å². The number of rotatable bonds is 10. The van der Waals surface area contributed by atoms with E-state index in [2.05, 4.69) is 4.98 Å². The van der Waals surface area contributed by atoms with Crippen LogP contribution in [0.15, 0.2) is 21.9 Å². The van der Waals surface area contributed by atoms with Crippen LogP contribution >= 0.6 is 0 Å². The molecule has 0 spiro atoms. The van der Waals surface area contributed by atoms with Gasteiger partial charge in [-0.15, -0.1) is 0 Å². The maximum Gasteiger partial charge on any atom is 0.334 e. The molecule has 1 aliphatic rings. The molecule has 198 valence electrons. The Morgan fingerprint density at radius 1 is 1.17 bits per heavy atom. The van der Waals surface area contributed by atoms with Gasteiger partial charge in [-0.1, -0.05) is 55.4 Å². The van der Waals surface area contributed by atoms with Crippen LogP contribution in [0.2, 0.25) is 22.2 Å². The molecule has 3 N–H and O–H groups in total. The molecule has 0 amide bonds. The van der Waals surface area contributed by atoms with Crippen molar-refractivity contribution in [3.63, 3.8) is 0 Å². The predicted molar refractivity (Wildman–Crippen MR) is 136 cm³/mol. The number of ether oxygens (including phenoxy) is 1. The second kappa shape index (κ2) is 10.4. The highest BCUT2D eigenvalue weighted by Gasteiger charge is 2.61. The minimum Gasteiger partial charge on any atom is -0.414 e. The van der Waals surface area contributed by atoms with Crippen LogP contribution in [0.1, 0.15) is 68.7 Å². The molecule has 3 unspecified atom stereocenters. The number of hydrogen-bond donors (Lipinski definition) is 3. The first-order chi connectivity index (χ1) is 16.0. The Bertz CT molecular complexity index is 1030. The molecule has 1 aromatic rings.